The molecule has 0 aliphatic rings. The normalized spacial score (nSPS) is 12.2. The van der Waals surface area contributed by atoms with Gasteiger partial charge in [0.25, 0.3) is 5.91 Å². The van der Waals surface area contributed by atoms with E-state index in [4.69, 9.17) is 5.73 Å². The number of halogens is 1. The maximum atomic E-state index is 13.4. The predicted molar refractivity (Wildman–Crippen MR) is 81.6 cm³/mol. The number of nitrogens with zero attached hydrogens (tertiary/aromatic N) is 3. The number of anilines is 1. The smallest absolute Gasteiger partial charge is 0.273 e. The number of hydrogen-bond donors (Lipinski definition) is 2. The first kappa shape index (κ1) is 15.8. The fraction of sp³-hybridized carbons (Fsp3) is 0.267. The fourth-order valence-corrected chi connectivity index (χ4v) is 2.11. The van der Waals surface area contributed by atoms with Crippen LogP contribution in [0.25, 0.3) is 0 Å². The molecule has 0 aliphatic heterocycles. The van der Waals surface area contributed by atoms with Crippen molar-refractivity contribution in [3.05, 3.63) is 53.7 Å². The highest BCUT2D eigenvalue weighted by Crippen LogP contribution is 2.18. The second-order valence-corrected chi connectivity index (χ2v) is 5.03. The Morgan fingerprint density at radius 2 is 2.09 bits per heavy atom. The van der Waals surface area contributed by atoms with Crippen LogP contribution in [0.3, 0.4) is 0 Å². The van der Waals surface area contributed by atoms with Crippen molar-refractivity contribution < 1.29 is 9.18 Å². The van der Waals surface area contributed by atoms with E-state index < -0.39 is 5.91 Å². The van der Waals surface area contributed by atoms with E-state index in [9.17, 15) is 9.18 Å². The number of aromatic nitrogens is 2. The van der Waals surface area contributed by atoms with E-state index in [1.807, 2.05) is 25.1 Å². The van der Waals surface area contributed by atoms with Gasteiger partial charge in [-0.25, -0.2) is 14.4 Å². The van der Waals surface area contributed by atoms with Crippen LogP contribution in [0.2, 0.25) is 0 Å². The van der Waals surface area contributed by atoms with E-state index >= 15 is 0 Å². The lowest BCUT2D eigenvalue weighted by atomic mass is 10.1. The number of amides is 1. The van der Waals surface area contributed by atoms with Gasteiger partial charge in [0.15, 0.2) is 11.5 Å². The molecule has 1 heterocycles. The lowest BCUT2D eigenvalue weighted by Gasteiger charge is -2.25. The summed E-state index contributed by atoms with van der Waals surface area (Å²) in [6, 6.07) is 6.13. The second kappa shape index (κ2) is 6.95. The van der Waals surface area contributed by atoms with Crippen molar-refractivity contribution in [1.29, 1.82) is 0 Å². The Morgan fingerprint density at radius 3 is 2.73 bits per heavy atom. The van der Waals surface area contributed by atoms with Crippen molar-refractivity contribution in [3.63, 3.8) is 0 Å². The Hall–Kier alpha value is -2.54. The van der Waals surface area contributed by atoms with Gasteiger partial charge >= 0.3 is 0 Å². The van der Waals surface area contributed by atoms with E-state index in [1.165, 1.54) is 24.5 Å². The zero-order valence-corrected chi connectivity index (χ0v) is 12.5. The minimum absolute atomic E-state index is 0.0761. The molecule has 0 saturated carbocycles. The van der Waals surface area contributed by atoms with E-state index in [1.54, 1.807) is 6.07 Å². The van der Waals surface area contributed by atoms with E-state index in [0.29, 0.717) is 6.54 Å². The van der Waals surface area contributed by atoms with Gasteiger partial charge in [0.1, 0.15) is 5.82 Å². The molecule has 0 aliphatic carbocycles. The molecule has 3 N–H and O–H groups in total. The Morgan fingerprint density at radius 1 is 1.36 bits per heavy atom. The molecule has 0 radical (unpaired) electrons. The summed E-state index contributed by atoms with van der Waals surface area (Å²) in [6.45, 7) is 0.297. The lowest BCUT2D eigenvalue weighted by Crippen LogP contribution is -2.35. The number of nitrogens with two attached hydrogens (primary N) is 1. The quantitative estimate of drug-likeness (QED) is 0.868. The summed E-state index contributed by atoms with van der Waals surface area (Å²) in [5.74, 6) is -0.644. The molecule has 2 aromatic rings. The molecule has 0 fully saturated rings. The third-order valence-corrected chi connectivity index (χ3v) is 3.25. The van der Waals surface area contributed by atoms with Crippen molar-refractivity contribution in [2.45, 2.75) is 6.04 Å². The molecule has 1 atom stereocenters. The molecule has 116 valence electrons. The van der Waals surface area contributed by atoms with Gasteiger partial charge in [-0.15, -0.1) is 0 Å². The van der Waals surface area contributed by atoms with E-state index in [2.05, 4.69) is 15.3 Å². The Bertz CT molecular complexity index is 662. The highest BCUT2D eigenvalue weighted by atomic mass is 19.1. The van der Waals surface area contributed by atoms with Gasteiger partial charge in [0, 0.05) is 18.9 Å². The summed E-state index contributed by atoms with van der Waals surface area (Å²) in [5.41, 5.74) is 6.48. The summed E-state index contributed by atoms with van der Waals surface area (Å²) in [4.78, 5) is 21.7. The van der Waals surface area contributed by atoms with Crippen LogP contribution >= 0.6 is 0 Å². The third kappa shape index (κ3) is 3.76. The topological polar surface area (TPSA) is 84.1 Å². The summed E-state index contributed by atoms with van der Waals surface area (Å²) < 4.78 is 13.4. The molecule has 7 heteroatoms. The number of nitrogen functional groups attached to an aromatic ring is 1. The molecule has 1 aromatic carbocycles. The average Bonchev–Trinajstić information content (AvgIpc) is 2.47. The van der Waals surface area contributed by atoms with Crippen LogP contribution in [-0.4, -0.2) is 41.4 Å². The van der Waals surface area contributed by atoms with Crippen LogP contribution in [0.4, 0.5) is 10.2 Å². The van der Waals surface area contributed by atoms with Gasteiger partial charge in [-0.3, -0.25) is 4.79 Å². The molecule has 2 rings (SSSR count). The van der Waals surface area contributed by atoms with Crippen LogP contribution < -0.4 is 11.1 Å². The largest absolute Gasteiger partial charge is 0.382 e. The monoisotopic (exact) mass is 303 g/mol. The van der Waals surface area contributed by atoms with Crippen LogP contribution in [0.1, 0.15) is 22.1 Å². The number of rotatable bonds is 5. The zero-order valence-electron chi connectivity index (χ0n) is 12.5. The molecule has 0 saturated heterocycles. The molecule has 0 spiro atoms. The number of nitrogens with one attached hydrogen (secondary N) is 1. The van der Waals surface area contributed by atoms with Gasteiger partial charge in [-0.1, -0.05) is 12.1 Å². The number of hydrogen-bond acceptors (Lipinski definition) is 5. The summed E-state index contributed by atoms with van der Waals surface area (Å²) in [5, 5.41) is 2.75. The van der Waals surface area contributed by atoms with Crippen molar-refractivity contribution in [2.24, 2.45) is 0 Å². The maximum Gasteiger partial charge on any atom is 0.273 e. The van der Waals surface area contributed by atoms with Crippen LogP contribution in [0.5, 0.6) is 0 Å². The maximum absolute atomic E-state index is 13.4. The third-order valence-electron chi connectivity index (χ3n) is 3.25. The molecule has 0 unspecified atom stereocenters. The highest BCUT2D eigenvalue weighted by molar-refractivity contribution is 5.96. The number of carbonyl (C=O) groups excluding carboxylic acids is 1. The zero-order chi connectivity index (χ0) is 16.1. The lowest BCUT2D eigenvalue weighted by molar-refractivity contribution is 0.0937. The van der Waals surface area contributed by atoms with Crippen molar-refractivity contribution >= 4 is 11.7 Å². The standard InChI is InChI=1S/C15H18FN5O/c1-21(2)12(10-4-3-5-11(16)8-10)9-20-15(22)13-14(17)19-7-6-18-13/h3-8,12H,9H2,1-2H3,(H2,17,19)(H,20,22)/t12-/m0/s1. The minimum Gasteiger partial charge on any atom is -0.382 e. The SMILES string of the molecule is CN(C)[C@@H](CNC(=O)c1nccnc1N)c1cccc(F)c1. The number of carbonyl (C=O) groups is 1. The molecule has 6 nitrogen and oxygen atoms in total. The van der Waals surface area contributed by atoms with Crippen LogP contribution in [0.15, 0.2) is 36.7 Å². The Balaban J connectivity index is 2.10. The first-order valence-electron chi connectivity index (χ1n) is 6.75. The summed E-state index contributed by atoms with van der Waals surface area (Å²) in [7, 11) is 3.72. The Labute approximate surface area is 128 Å². The second-order valence-electron chi connectivity index (χ2n) is 5.03. The van der Waals surface area contributed by atoms with Crippen LogP contribution in [-0.2, 0) is 0 Å². The molecular weight excluding hydrogens is 285 g/mol. The molecule has 22 heavy (non-hydrogen) atoms. The molecular formula is C15H18FN5O. The molecule has 1 aromatic heterocycles. The highest BCUT2D eigenvalue weighted by Gasteiger charge is 2.18. The van der Waals surface area contributed by atoms with Gasteiger partial charge in [0.05, 0.1) is 6.04 Å². The van der Waals surface area contributed by atoms with Crippen molar-refractivity contribution in [1.82, 2.24) is 20.2 Å². The predicted octanol–water partition coefficient (Wildman–Crippen LogP) is 1.23. The van der Waals surface area contributed by atoms with Gasteiger partial charge in [-0.2, -0.15) is 0 Å². The van der Waals surface area contributed by atoms with Crippen molar-refractivity contribution in [3.8, 4) is 0 Å². The van der Waals surface area contributed by atoms with Gasteiger partial charge in [0.2, 0.25) is 0 Å². The summed E-state index contributed by atoms with van der Waals surface area (Å²) in [6.07, 6.45) is 2.82. The van der Waals surface area contributed by atoms with Crippen molar-refractivity contribution in [2.75, 3.05) is 26.4 Å². The average molecular weight is 303 g/mol. The van der Waals surface area contributed by atoms with E-state index in [-0.39, 0.29) is 23.4 Å². The minimum atomic E-state index is -0.408. The van der Waals surface area contributed by atoms with Gasteiger partial charge in [-0.05, 0) is 31.8 Å². The van der Waals surface area contributed by atoms with Crippen LogP contribution in [0, 0.1) is 5.82 Å². The first-order valence-corrected chi connectivity index (χ1v) is 6.75. The Kier molecular flexibility index (Phi) is 5.00. The van der Waals surface area contributed by atoms with E-state index in [0.717, 1.165) is 5.56 Å². The fourth-order valence-electron chi connectivity index (χ4n) is 2.11. The first-order chi connectivity index (χ1) is 10.5. The molecule has 1 amide bonds. The van der Waals surface area contributed by atoms with Gasteiger partial charge < -0.3 is 16.0 Å². The number of likely N-dealkylation sites (N-methyl/N-ethyl adjacent to an activating group) is 1. The summed E-state index contributed by atoms with van der Waals surface area (Å²) >= 11 is 0. The molecule has 0 bridgehead atoms. The number of benzene rings is 1.